The highest BCUT2D eigenvalue weighted by Crippen LogP contribution is 2.29. The first-order chi connectivity index (χ1) is 14.7. The molecule has 0 aliphatic rings. The van der Waals surface area contributed by atoms with Crippen molar-refractivity contribution in [2.75, 3.05) is 21.2 Å². The number of ether oxygens (including phenoxy) is 1. The van der Waals surface area contributed by atoms with Gasteiger partial charge in [-0.2, -0.15) is 0 Å². The Morgan fingerprint density at radius 2 is 1.50 bits per heavy atom. The number of hydrogen-bond acceptors (Lipinski definition) is 5. The minimum atomic E-state index is -0.826. The van der Waals surface area contributed by atoms with Gasteiger partial charge in [0.1, 0.15) is 12.1 Å². The summed E-state index contributed by atoms with van der Waals surface area (Å²) in [5.41, 5.74) is -0.0894. The van der Waals surface area contributed by atoms with Gasteiger partial charge in [-0.05, 0) is 23.9 Å². The van der Waals surface area contributed by atoms with Gasteiger partial charge in [-0.1, -0.05) is 78.8 Å². The van der Waals surface area contributed by atoms with Crippen molar-refractivity contribution < 1.29 is 19.1 Å². The van der Waals surface area contributed by atoms with E-state index in [2.05, 4.69) is 10.6 Å². The largest absolute Gasteiger partial charge is 0.467 e. The fraction of sp³-hybridized carbons (Fsp3) is 0.640. The molecule has 0 spiro atoms. The fourth-order valence-electron chi connectivity index (χ4n) is 4.07. The highest BCUT2D eigenvalue weighted by Gasteiger charge is 2.42. The number of rotatable bonds is 9. The van der Waals surface area contributed by atoms with Crippen molar-refractivity contribution >= 4 is 17.8 Å². The Balaban J connectivity index is 3.24. The summed E-state index contributed by atoms with van der Waals surface area (Å²) in [7, 11) is 4.63. The van der Waals surface area contributed by atoms with Crippen LogP contribution in [-0.4, -0.2) is 62.0 Å². The number of nitrogens with one attached hydrogen (secondary N) is 2. The van der Waals surface area contributed by atoms with Crippen molar-refractivity contribution in [2.45, 2.75) is 72.0 Å². The van der Waals surface area contributed by atoms with E-state index < -0.39 is 34.9 Å². The molecule has 3 unspecified atom stereocenters. The van der Waals surface area contributed by atoms with Crippen LogP contribution >= 0.6 is 0 Å². The van der Waals surface area contributed by atoms with Gasteiger partial charge in [0, 0.05) is 12.5 Å². The summed E-state index contributed by atoms with van der Waals surface area (Å²) in [6.07, 6.45) is 0. The fourth-order valence-corrected chi connectivity index (χ4v) is 4.07. The van der Waals surface area contributed by atoms with Gasteiger partial charge in [0.15, 0.2) is 0 Å². The van der Waals surface area contributed by atoms with E-state index in [0.717, 1.165) is 5.56 Å². The van der Waals surface area contributed by atoms with Crippen LogP contribution in [0.3, 0.4) is 0 Å². The van der Waals surface area contributed by atoms with E-state index in [1.54, 1.807) is 14.1 Å². The molecule has 7 heteroatoms. The van der Waals surface area contributed by atoms with Gasteiger partial charge in [0.05, 0.1) is 13.2 Å². The van der Waals surface area contributed by atoms with Crippen LogP contribution in [0, 0.1) is 11.3 Å². The van der Waals surface area contributed by atoms with Gasteiger partial charge in [-0.15, -0.1) is 0 Å². The van der Waals surface area contributed by atoms with Crippen LogP contribution in [0.2, 0.25) is 0 Å². The molecule has 0 heterocycles. The first-order valence-corrected chi connectivity index (χ1v) is 11.1. The van der Waals surface area contributed by atoms with E-state index in [9.17, 15) is 14.4 Å². The third kappa shape index (κ3) is 6.31. The van der Waals surface area contributed by atoms with Crippen molar-refractivity contribution in [2.24, 2.45) is 11.3 Å². The quantitative estimate of drug-likeness (QED) is 0.569. The molecule has 2 amide bonds. The van der Waals surface area contributed by atoms with Gasteiger partial charge in [0.25, 0.3) is 0 Å². The Labute approximate surface area is 193 Å². The number of nitrogens with zero attached hydrogens (tertiary/aromatic N) is 1. The minimum absolute atomic E-state index is 0.144. The maximum atomic E-state index is 13.5. The molecule has 0 fully saturated rings. The van der Waals surface area contributed by atoms with Crippen molar-refractivity contribution in [3.63, 3.8) is 0 Å². The molecular weight excluding hydrogens is 406 g/mol. The Morgan fingerprint density at radius 1 is 0.969 bits per heavy atom. The zero-order valence-electron chi connectivity index (χ0n) is 21.3. The summed E-state index contributed by atoms with van der Waals surface area (Å²) >= 11 is 0. The molecule has 3 atom stereocenters. The maximum Gasteiger partial charge on any atom is 0.328 e. The monoisotopic (exact) mass is 447 g/mol. The van der Waals surface area contributed by atoms with Crippen molar-refractivity contribution in [3.05, 3.63) is 35.9 Å². The molecule has 0 radical (unpaired) electrons. The molecular formula is C25H41N3O4. The van der Waals surface area contributed by atoms with Crippen LogP contribution in [0.4, 0.5) is 0 Å². The first kappa shape index (κ1) is 27.6. The Hall–Kier alpha value is -2.41. The van der Waals surface area contributed by atoms with E-state index in [1.165, 1.54) is 12.0 Å². The summed E-state index contributed by atoms with van der Waals surface area (Å²) in [6.45, 7) is 13.4. The average Bonchev–Trinajstić information content (AvgIpc) is 2.71. The van der Waals surface area contributed by atoms with Crippen molar-refractivity contribution in [3.8, 4) is 0 Å². The standard InChI is InChI=1S/C25H41N3O4/c1-16(2)18(23(31)32-10)28(9)22(30)20(24(3,4)5)27-21(29)19(26-8)25(6,7)17-14-12-11-13-15-17/h11-16,18-20,26H,1-10H3,(H,27,29). The molecule has 1 rings (SSSR count). The summed E-state index contributed by atoms with van der Waals surface area (Å²) in [5.74, 6) is -1.23. The van der Waals surface area contributed by atoms with Gasteiger partial charge >= 0.3 is 5.97 Å². The van der Waals surface area contributed by atoms with E-state index in [1.807, 2.05) is 78.8 Å². The summed E-state index contributed by atoms with van der Waals surface area (Å²) in [5, 5.41) is 6.09. The first-order valence-electron chi connectivity index (χ1n) is 11.1. The molecule has 32 heavy (non-hydrogen) atoms. The Morgan fingerprint density at radius 3 is 1.91 bits per heavy atom. The molecule has 2 N–H and O–H groups in total. The number of carbonyl (C=O) groups is 3. The highest BCUT2D eigenvalue weighted by atomic mass is 16.5. The third-order valence-corrected chi connectivity index (χ3v) is 6.03. The smallest absolute Gasteiger partial charge is 0.328 e. The number of esters is 1. The molecule has 180 valence electrons. The number of carbonyl (C=O) groups excluding carboxylic acids is 3. The SMILES string of the molecule is CNC(C(=O)NC(C(=O)N(C)C(C(=O)OC)C(C)C)C(C)(C)C)C(C)(C)c1ccccc1. The second-order valence-electron chi connectivity index (χ2n) is 10.3. The van der Waals surface area contributed by atoms with Crippen LogP contribution in [0.1, 0.15) is 54.0 Å². The van der Waals surface area contributed by atoms with E-state index in [-0.39, 0.29) is 17.7 Å². The van der Waals surface area contributed by atoms with Crippen LogP contribution in [0.25, 0.3) is 0 Å². The molecule has 0 bridgehead atoms. The predicted molar refractivity (Wildman–Crippen MR) is 127 cm³/mol. The topological polar surface area (TPSA) is 87.7 Å². The maximum absolute atomic E-state index is 13.5. The minimum Gasteiger partial charge on any atom is -0.467 e. The number of benzene rings is 1. The van der Waals surface area contributed by atoms with Gasteiger partial charge in [0.2, 0.25) is 11.8 Å². The lowest BCUT2D eigenvalue weighted by Gasteiger charge is -2.39. The van der Waals surface area contributed by atoms with Crippen LogP contribution in [0.15, 0.2) is 30.3 Å². The van der Waals surface area contributed by atoms with Crippen LogP contribution < -0.4 is 10.6 Å². The number of hydrogen-bond donors (Lipinski definition) is 2. The van der Waals surface area contributed by atoms with Crippen molar-refractivity contribution in [1.82, 2.24) is 15.5 Å². The molecule has 0 saturated heterocycles. The molecule has 0 aliphatic carbocycles. The normalized spacial score (nSPS) is 15.0. The molecule has 7 nitrogen and oxygen atoms in total. The lowest BCUT2D eigenvalue weighted by atomic mass is 9.76. The lowest BCUT2D eigenvalue weighted by Crippen LogP contribution is -2.62. The Kier molecular flexibility index (Phi) is 9.45. The second kappa shape index (κ2) is 10.9. The van der Waals surface area contributed by atoms with Gasteiger partial charge in [-0.25, -0.2) is 4.79 Å². The second-order valence-corrected chi connectivity index (χ2v) is 10.3. The number of amides is 2. The van der Waals surface area contributed by atoms with Crippen LogP contribution in [0.5, 0.6) is 0 Å². The molecule has 0 saturated carbocycles. The summed E-state index contributed by atoms with van der Waals surface area (Å²) < 4.78 is 4.91. The van der Waals surface area contributed by atoms with Gasteiger partial charge < -0.3 is 20.3 Å². The van der Waals surface area contributed by atoms with Crippen LogP contribution in [-0.2, 0) is 24.5 Å². The highest BCUT2D eigenvalue weighted by molar-refractivity contribution is 5.93. The molecule has 0 aromatic heterocycles. The van der Waals surface area contributed by atoms with Crippen molar-refractivity contribution in [1.29, 1.82) is 0 Å². The summed E-state index contributed by atoms with van der Waals surface area (Å²) in [6, 6.07) is 7.65. The molecule has 1 aromatic carbocycles. The van der Waals surface area contributed by atoms with Gasteiger partial charge in [-0.3, -0.25) is 9.59 Å². The number of methoxy groups -OCH3 is 1. The predicted octanol–water partition coefficient (Wildman–Crippen LogP) is 2.74. The lowest BCUT2D eigenvalue weighted by molar-refractivity contribution is -0.155. The molecule has 1 aromatic rings. The van der Waals surface area contributed by atoms with E-state index in [4.69, 9.17) is 4.74 Å². The number of likely N-dealkylation sites (N-methyl/N-ethyl adjacent to an activating group) is 2. The van der Waals surface area contributed by atoms with E-state index >= 15 is 0 Å². The average molecular weight is 448 g/mol. The third-order valence-electron chi connectivity index (χ3n) is 6.03. The zero-order valence-corrected chi connectivity index (χ0v) is 21.3. The Bertz CT molecular complexity index is 784. The van der Waals surface area contributed by atoms with E-state index in [0.29, 0.717) is 0 Å². The molecule has 0 aliphatic heterocycles. The summed E-state index contributed by atoms with van der Waals surface area (Å²) in [4.78, 5) is 40.7. The zero-order chi connectivity index (χ0) is 24.9.